The first-order chi connectivity index (χ1) is 14.7. The summed E-state index contributed by atoms with van der Waals surface area (Å²) in [5, 5.41) is 18.6. The fraction of sp³-hybridized carbons (Fsp3) is 0. The molecule has 3 aromatic heterocycles. The van der Waals surface area contributed by atoms with Crippen molar-refractivity contribution < 1.29 is 4.79 Å². The highest BCUT2D eigenvalue weighted by Gasteiger charge is 2.12. The number of hydrogen-bond donors (Lipinski definition) is 1. The SMILES string of the molecule is O=C(Nc1cccc(-c2ccc3nnc(-c4cccs4)n3n2)c1)c1cccc(Cl)c1. The third kappa shape index (κ3) is 3.56. The van der Waals surface area contributed by atoms with Crippen LogP contribution in [0.1, 0.15) is 10.4 Å². The molecule has 3 heterocycles. The van der Waals surface area contributed by atoms with Gasteiger partial charge in [-0.2, -0.15) is 9.61 Å². The molecule has 1 N–H and O–H groups in total. The van der Waals surface area contributed by atoms with Gasteiger partial charge in [0, 0.05) is 21.8 Å². The zero-order valence-electron chi connectivity index (χ0n) is 15.5. The summed E-state index contributed by atoms with van der Waals surface area (Å²) in [7, 11) is 0. The lowest BCUT2D eigenvalue weighted by Gasteiger charge is -2.08. The molecule has 0 fully saturated rings. The van der Waals surface area contributed by atoms with E-state index in [-0.39, 0.29) is 5.91 Å². The molecule has 6 nitrogen and oxygen atoms in total. The Morgan fingerprint density at radius 3 is 2.70 bits per heavy atom. The molecule has 0 unspecified atom stereocenters. The van der Waals surface area contributed by atoms with E-state index < -0.39 is 0 Å². The summed E-state index contributed by atoms with van der Waals surface area (Å²) in [6.07, 6.45) is 0. The molecule has 0 atom stereocenters. The Morgan fingerprint density at radius 1 is 0.967 bits per heavy atom. The zero-order valence-corrected chi connectivity index (χ0v) is 17.1. The molecule has 5 aromatic rings. The summed E-state index contributed by atoms with van der Waals surface area (Å²) < 4.78 is 1.73. The first-order valence-electron chi connectivity index (χ1n) is 9.11. The summed E-state index contributed by atoms with van der Waals surface area (Å²) in [6, 6.07) is 22.1. The van der Waals surface area contributed by atoms with E-state index in [0.29, 0.717) is 27.7 Å². The Balaban J connectivity index is 1.47. The Morgan fingerprint density at radius 2 is 1.87 bits per heavy atom. The Kier molecular flexibility index (Phi) is 4.74. The van der Waals surface area contributed by atoms with Gasteiger partial charge in [-0.1, -0.05) is 35.9 Å². The lowest BCUT2D eigenvalue weighted by atomic mass is 10.1. The van der Waals surface area contributed by atoms with Crippen LogP contribution in [0, 0.1) is 0 Å². The first kappa shape index (κ1) is 18.5. The van der Waals surface area contributed by atoms with Crippen LogP contribution in [0.2, 0.25) is 5.02 Å². The second-order valence-corrected chi connectivity index (χ2v) is 7.92. The summed E-state index contributed by atoms with van der Waals surface area (Å²) in [6.45, 7) is 0. The molecule has 0 aliphatic heterocycles. The molecule has 1 amide bonds. The molecular formula is C22H14ClN5OS. The molecule has 30 heavy (non-hydrogen) atoms. The summed E-state index contributed by atoms with van der Waals surface area (Å²) in [5.41, 5.74) is 3.46. The monoisotopic (exact) mass is 431 g/mol. The average molecular weight is 432 g/mol. The molecule has 0 saturated heterocycles. The second-order valence-electron chi connectivity index (χ2n) is 6.53. The number of nitrogens with one attached hydrogen (secondary N) is 1. The highest BCUT2D eigenvalue weighted by molar-refractivity contribution is 7.13. The number of rotatable bonds is 4. The van der Waals surface area contributed by atoms with Gasteiger partial charge in [0.1, 0.15) is 0 Å². The number of fused-ring (bicyclic) bond motifs is 1. The summed E-state index contributed by atoms with van der Waals surface area (Å²) in [5.74, 6) is 0.476. The van der Waals surface area contributed by atoms with E-state index in [4.69, 9.17) is 16.7 Å². The number of aromatic nitrogens is 4. The molecule has 0 spiro atoms. The number of thiophene rings is 1. The van der Waals surface area contributed by atoms with Crippen LogP contribution in [0.3, 0.4) is 0 Å². The van der Waals surface area contributed by atoms with Gasteiger partial charge in [0.05, 0.1) is 10.6 Å². The number of carbonyl (C=O) groups excluding carboxylic acids is 1. The molecule has 0 aliphatic carbocycles. The van der Waals surface area contributed by atoms with E-state index >= 15 is 0 Å². The van der Waals surface area contributed by atoms with Gasteiger partial charge >= 0.3 is 0 Å². The number of nitrogens with zero attached hydrogens (tertiary/aromatic N) is 4. The molecule has 5 rings (SSSR count). The van der Waals surface area contributed by atoms with Crippen LogP contribution in [0.15, 0.2) is 78.2 Å². The Bertz CT molecular complexity index is 1360. The van der Waals surface area contributed by atoms with Crippen LogP contribution in [-0.4, -0.2) is 25.7 Å². The fourth-order valence-corrected chi connectivity index (χ4v) is 3.98. The largest absolute Gasteiger partial charge is 0.322 e. The molecule has 0 saturated carbocycles. The first-order valence-corrected chi connectivity index (χ1v) is 10.4. The highest BCUT2D eigenvalue weighted by Crippen LogP contribution is 2.26. The number of hydrogen-bond acceptors (Lipinski definition) is 5. The zero-order chi connectivity index (χ0) is 20.5. The van der Waals surface area contributed by atoms with Crippen molar-refractivity contribution in [2.24, 2.45) is 0 Å². The van der Waals surface area contributed by atoms with Gasteiger partial charge in [0.2, 0.25) is 0 Å². The third-order valence-corrected chi connectivity index (χ3v) is 5.61. The Hall–Kier alpha value is -3.55. The van der Waals surface area contributed by atoms with Gasteiger partial charge < -0.3 is 5.32 Å². The Labute approximate surface area is 180 Å². The topological polar surface area (TPSA) is 72.2 Å². The lowest BCUT2D eigenvalue weighted by Crippen LogP contribution is -2.11. The van der Waals surface area contributed by atoms with Crippen LogP contribution in [-0.2, 0) is 0 Å². The minimum Gasteiger partial charge on any atom is -0.322 e. The number of carbonyl (C=O) groups is 1. The smallest absolute Gasteiger partial charge is 0.255 e. The minimum atomic E-state index is -0.225. The summed E-state index contributed by atoms with van der Waals surface area (Å²) in [4.78, 5) is 13.5. The van der Waals surface area contributed by atoms with Crippen LogP contribution < -0.4 is 5.32 Å². The van der Waals surface area contributed by atoms with Crippen molar-refractivity contribution >= 4 is 40.2 Å². The van der Waals surface area contributed by atoms with Gasteiger partial charge in [-0.3, -0.25) is 4.79 Å². The van der Waals surface area contributed by atoms with Crippen LogP contribution >= 0.6 is 22.9 Å². The highest BCUT2D eigenvalue weighted by atomic mass is 35.5. The molecule has 0 aliphatic rings. The molecular weight excluding hydrogens is 418 g/mol. The maximum atomic E-state index is 12.5. The molecule has 8 heteroatoms. The van der Waals surface area contributed by atoms with Crippen molar-refractivity contribution in [1.29, 1.82) is 0 Å². The van der Waals surface area contributed by atoms with Gasteiger partial charge in [-0.05, 0) is 53.9 Å². The van der Waals surface area contributed by atoms with Gasteiger partial charge in [-0.15, -0.1) is 21.5 Å². The third-order valence-electron chi connectivity index (χ3n) is 4.51. The van der Waals surface area contributed by atoms with Crippen molar-refractivity contribution in [2.75, 3.05) is 5.32 Å². The summed E-state index contributed by atoms with van der Waals surface area (Å²) >= 11 is 7.57. The standard InChI is InChI=1S/C22H14ClN5OS/c23-16-6-1-5-15(12-16)22(29)24-17-7-2-4-14(13-17)18-9-10-20-25-26-21(28(20)27-18)19-8-3-11-30-19/h1-13H,(H,24,29). The quantitative estimate of drug-likeness (QED) is 0.412. The number of amides is 1. The van der Waals surface area contributed by atoms with E-state index in [1.165, 1.54) is 0 Å². The van der Waals surface area contributed by atoms with Crippen molar-refractivity contribution in [2.45, 2.75) is 0 Å². The molecule has 2 aromatic carbocycles. The van der Waals surface area contributed by atoms with E-state index in [9.17, 15) is 4.79 Å². The predicted molar refractivity (Wildman–Crippen MR) is 119 cm³/mol. The van der Waals surface area contributed by atoms with Crippen LogP contribution in [0.25, 0.3) is 27.6 Å². The van der Waals surface area contributed by atoms with Crippen LogP contribution in [0.4, 0.5) is 5.69 Å². The maximum absolute atomic E-state index is 12.5. The van der Waals surface area contributed by atoms with E-state index in [2.05, 4.69) is 15.5 Å². The van der Waals surface area contributed by atoms with Crippen molar-refractivity contribution in [1.82, 2.24) is 19.8 Å². The van der Waals surface area contributed by atoms with Crippen molar-refractivity contribution in [3.8, 4) is 22.0 Å². The predicted octanol–water partition coefficient (Wildman–Crippen LogP) is 5.43. The minimum absolute atomic E-state index is 0.225. The van der Waals surface area contributed by atoms with E-state index in [0.717, 1.165) is 16.1 Å². The maximum Gasteiger partial charge on any atom is 0.255 e. The normalized spacial score (nSPS) is 11.0. The lowest BCUT2D eigenvalue weighted by molar-refractivity contribution is 0.102. The molecule has 146 valence electrons. The number of anilines is 1. The van der Waals surface area contributed by atoms with Crippen molar-refractivity contribution in [3.63, 3.8) is 0 Å². The molecule has 0 bridgehead atoms. The van der Waals surface area contributed by atoms with Gasteiger partial charge in [0.25, 0.3) is 5.91 Å². The van der Waals surface area contributed by atoms with Crippen LogP contribution in [0.5, 0.6) is 0 Å². The number of halogens is 1. The van der Waals surface area contributed by atoms with Crippen molar-refractivity contribution in [3.05, 3.63) is 88.8 Å². The van der Waals surface area contributed by atoms with E-state index in [1.807, 2.05) is 53.9 Å². The number of benzene rings is 2. The fourth-order valence-electron chi connectivity index (χ4n) is 3.09. The second kappa shape index (κ2) is 7.70. The molecule has 0 radical (unpaired) electrons. The van der Waals surface area contributed by atoms with Gasteiger partial charge in [-0.25, -0.2) is 0 Å². The van der Waals surface area contributed by atoms with E-state index in [1.54, 1.807) is 40.1 Å². The average Bonchev–Trinajstić information content (AvgIpc) is 3.43. The van der Waals surface area contributed by atoms with Gasteiger partial charge in [0.15, 0.2) is 11.5 Å².